The summed E-state index contributed by atoms with van der Waals surface area (Å²) < 4.78 is 26.2. The predicted octanol–water partition coefficient (Wildman–Crippen LogP) is 1.97. The molecule has 1 amide bonds. The molecule has 1 aromatic rings. The molecule has 0 spiro atoms. The second-order valence-electron chi connectivity index (χ2n) is 4.88. The van der Waals surface area contributed by atoms with Gasteiger partial charge < -0.3 is 10.6 Å². The van der Waals surface area contributed by atoms with Gasteiger partial charge in [-0.1, -0.05) is 6.07 Å². The molecule has 2 atom stereocenters. The average Bonchev–Trinajstić information content (AvgIpc) is 2.57. The summed E-state index contributed by atoms with van der Waals surface area (Å²) in [4.78, 5) is 13.5. The lowest BCUT2D eigenvalue weighted by molar-refractivity contribution is -0.130. The second kappa shape index (κ2) is 4.65. The summed E-state index contributed by atoms with van der Waals surface area (Å²) in [5.74, 6) is -1.86. The molecule has 2 N–H and O–H groups in total. The highest BCUT2D eigenvalue weighted by atomic mass is 19.2. The van der Waals surface area contributed by atoms with Gasteiger partial charge in [0, 0.05) is 18.5 Å². The summed E-state index contributed by atoms with van der Waals surface area (Å²) in [7, 11) is 0. The summed E-state index contributed by atoms with van der Waals surface area (Å²) in [5.41, 5.74) is 6.48. The fourth-order valence-corrected chi connectivity index (χ4v) is 2.49. The lowest BCUT2D eigenvalue weighted by Gasteiger charge is -2.30. The molecular formula is C13H16F2N2O. The molecule has 0 aliphatic carbocycles. The van der Waals surface area contributed by atoms with Gasteiger partial charge in [0.25, 0.3) is 0 Å². The number of carbonyl (C=O) groups excluding carboxylic acids is 1. The van der Waals surface area contributed by atoms with Crippen molar-refractivity contribution in [3.05, 3.63) is 35.4 Å². The molecule has 2 rings (SSSR count). The van der Waals surface area contributed by atoms with Gasteiger partial charge >= 0.3 is 0 Å². The molecular weight excluding hydrogens is 238 g/mol. The zero-order chi connectivity index (χ0) is 13.4. The molecule has 1 heterocycles. The van der Waals surface area contributed by atoms with E-state index in [-0.39, 0.29) is 30.5 Å². The van der Waals surface area contributed by atoms with Crippen molar-refractivity contribution in [3.63, 3.8) is 0 Å². The summed E-state index contributed by atoms with van der Waals surface area (Å²) >= 11 is 0. The molecule has 0 saturated carbocycles. The summed E-state index contributed by atoms with van der Waals surface area (Å²) in [5, 5.41) is 0. The number of halogens is 2. The minimum Gasteiger partial charge on any atom is -0.332 e. The number of nitrogens with zero attached hydrogens (tertiary/aromatic N) is 1. The van der Waals surface area contributed by atoms with Gasteiger partial charge in [0.05, 0.1) is 6.04 Å². The summed E-state index contributed by atoms with van der Waals surface area (Å²) in [6.07, 6.45) is 0.238. The van der Waals surface area contributed by atoms with E-state index >= 15 is 0 Å². The number of hydrogen-bond donors (Lipinski definition) is 1. The van der Waals surface area contributed by atoms with Crippen molar-refractivity contribution in [1.29, 1.82) is 0 Å². The molecule has 0 radical (unpaired) electrons. The van der Waals surface area contributed by atoms with E-state index in [4.69, 9.17) is 5.73 Å². The predicted molar refractivity (Wildman–Crippen MR) is 63.7 cm³/mol. The molecule has 18 heavy (non-hydrogen) atoms. The third-order valence-electron chi connectivity index (χ3n) is 3.25. The molecule has 1 aliphatic rings. The molecule has 0 bridgehead atoms. The van der Waals surface area contributed by atoms with E-state index in [1.807, 2.05) is 13.8 Å². The van der Waals surface area contributed by atoms with Gasteiger partial charge in [-0.3, -0.25) is 4.79 Å². The lowest BCUT2D eigenvalue weighted by Crippen LogP contribution is -2.37. The molecule has 1 saturated heterocycles. The van der Waals surface area contributed by atoms with Crippen molar-refractivity contribution >= 4 is 5.91 Å². The maximum Gasteiger partial charge on any atom is 0.225 e. The van der Waals surface area contributed by atoms with E-state index in [0.717, 1.165) is 12.1 Å². The van der Waals surface area contributed by atoms with Crippen molar-refractivity contribution < 1.29 is 13.6 Å². The molecule has 5 heteroatoms. The smallest absolute Gasteiger partial charge is 0.225 e. The van der Waals surface area contributed by atoms with Crippen molar-refractivity contribution in [3.8, 4) is 0 Å². The second-order valence-corrected chi connectivity index (χ2v) is 4.88. The lowest BCUT2D eigenvalue weighted by atomic mass is 10.00. The van der Waals surface area contributed by atoms with Crippen LogP contribution in [0.1, 0.15) is 31.9 Å². The minimum atomic E-state index is -0.914. The zero-order valence-corrected chi connectivity index (χ0v) is 10.4. The van der Waals surface area contributed by atoms with Gasteiger partial charge in [-0.2, -0.15) is 0 Å². The van der Waals surface area contributed by atoms with Crippen LogP contribution in [0, 0.1) is 11.6 Å². The van der Waals surface area contributed by atoms with E-state index in [1.165, 1.54) is 6.07 Å². The van der Waals surface area contributed by atoms with Crippen LogP contribution in [0.4, 0.5) is 8.78 Å². The van der Waals surface area contributed by atoms with Crippen LogP contribution >= 0.6 is 0 Å². The molecule has 1 aromatic carbocycles. The van der Waals surface area contributed by atoms with Gasteiger partial charge in [0.15, 0.2) is 11.6 Å². The van der Waals surface area contributed by atoms with Gasteiger partial charge in [0.1, 0.15) is 0 Å². The first-order valence-electron chi connectivity index (χ1n) is 5.93. The molecule has 98 valence electrons. The number of carbonyl (C=O) groups is 1. The molecule has 0 aromatic heterocycles. The number of nitrogens with two attached hydrogens (primary N) is 1. The standard InChI is InChI=1S/C13H16F2N2O/c1-7(2)17-12(18)6-11(16)13(17)8-3-4-9(14)10(15)5-8/h3-5,7,11,13H,6,16H2,1-2H3. The maximum absolute atomic E-state index is 13.3. The third kappa shape index (κ3) is 2.10. The highest BCUT2D eigenvalue weighted by molar-refractivity contribution is 5.80. The quantitative estimate of drug-likeness (QED) is 0.877. The Bertz CT molecular complexity index is 476. The van der Waals surface area contributed by atoms with E-state index in [2.05, 4.69) is 0 Å². The van der Waals surface area contributed by atoms with Gasteiger partial charge in [0.2, 0.25) is 5.91 Å². The summed E-state index contributed by atoms with van der Waals surface area (Å²) in [6, 6.07) is 2.88. The SMILES string of the molecule is CC(C)N1C(=O)CC(N)C1c1ccc(F)c(F)c1. The van der Waals surface area contributed by atoms with E-state index in [1.54, 1.807) is 4.90 Å². The normalized spacial score (nSPS) is 24.1. The Morgan fingerprint density at radius 1 is 1.33 bits per heavy atom. The topological polar surface area (TPSA) is 46.3 Å². The Morgan fingerprint density at radius 2 is 2.00 bits per heavy atom. The Labute approximate surface area is 105 Å². The highest BCUT2D eigenvalue weighted by Gasteiger charge is 2.40. The van der Waals surface area contributed by atoms with Crippen LogP contribution in [-0.2, 0) is 4.79 Å². The fraction of sp³-hybridized carbons (Fsp3) is 0.462. The number of rotatable bonds is 2. The van der Waals surface area contributed by atoms with Crippen LogP contribution in [0.3, 0.4) is 0 Å². The third-order valence-corrected chi connectivity index (χ3v) is 3.25. The van der Waals surface area contributed by atoms with Gasteiger partial charge in [-0.15, -0.1) is 0 Å². The Morgan fingerprint density at radius 3 is 2.56 bits per heavy atom. The van der Waals surface area contributed by atoms with E-state index in [9.17, 15) is 13.6 Å². The monoisotopic (exact) mass is 254 g/mol. The van der Waals surface area contributed by atoms with Crippen molar-refractivity contribution in [2.45, 2.75) is 38.4 Å². The zero-order valence-electron chi connectivity index (χ0n) is 10.4. The number of amides is 1. The minimum absolute atomic E-state index is 0.0239. The van der Waals surface area contributed by atoms with Crippen LogP contribution in [0.25, 0.3) is 0 Å². The molecule has 1 fully saturated rings. The molecule has 2 unspecified atom stereocenters. The van der Waals surface area contributed by atoms with Crippen molar-refractivity contribution in [2.24, 2.45) is 5.73 Å². The number of benzene rings is 1. The van der Waals surface area contributed by atoms with Crippen LogP contribution in [-0.4, -0.2) is 22.9 Å². The fourth-order valence-electron chi connectivity index (χ4n) is 2.49. The Balaban J connectivity index is 2.40. The Kier molecular flexibility index (Phi) is 3.34. The number of likely N-dealkylation sites (tertiary alicyclic amines) is 1. The largest absolute Gasteiger partial charge is 0.332 e. The van der Waals surface area contributed by atoms with Crippen LogP contribution in [0.2, 0.25) is 0 Å². The first kappa shape index (κ1) is 13.0. The van der Waals surface area contributed by atoms with Crippen molar-refractivity contribution in [2.75, 3.05) is 0 Å². The van der Waals surface area contributed by atoms with Crippen molar-refractivity contribution in [1.82, 2.24) is 4.90 Å². The van der Waals surface area contributed by atoms with Crippen LogP contribution < -0.4 is 5.73 Å². The highest BCUT2D eigenvalue weighted by Crippen LogP contribution is 2.34. The van der Waals surface area contributed by atoms with E-state index in [0.29, 0.717) is 5.56 Å². The maximum atomic E-state index is 13.3. The number of hydrogen-bond acceptors (Lipinski definition) is 2. The van der Waals surface area contributed by atoms with Crippen LogP contribution in [0.5, 0.6) is 0 Å². The summed E-state index contributed by atoms with van der Waals surface area (Å²) in [6.45, 7) is 3.76. The van der Waals surface area contributed by atoms with E-state index < -0.39 is 11.6 Å². The first-order valence-corrected chi connectivity index (χ1v) is 5.93. The first-order chi connectivity index (χ1) is 8.41. The molecule has 3 nitrogen and oxygen atoms in total. The molecule has 1 aliphatic heterocycles. The van der Waals surface area contributed by atoms with Gasteiger partial charge in [-0.25, -0.2) is 8.78 Å². The Hall–Kier alpha value is -1.49. The average molecular weight is 254 g/mol. The van der Waals surface area contributed by atoms with Crippen LogP contribution in [0.15, 0.2) is 18.2 Å². The van der Waals surface area contributed by atoms with Gasteiger partial charge in [-0.05, 0) is 31.5 Å².